The first-order chi connectivity index (χ1) is 11.2. The smallest absolute Gasteiger partial charge is 0.254 e. The third-order valence-corrected chi connectivity index (χ3v) is 3.98. The van der Waals surface area contributed by atoms with E-state index in [2.05, 4.69) is 4.98 Å². The molecule has 1 amide bonds. The molecule has 2 heterocycles. The standard InChI is InChI=1S/C17H18FN3O2/c1-23-14-4-2-3-13(11-14)17(22)21-9-7-20(8-10-21)16-5-6-19-12-15(16)18/h2-6,11-12H,7-10H2,1H3. The Kier molecular flexibility index (Phi) is 4.41. The second-order valence-electron chi connectivity index (χ2n) is 5.34. The van der Waals surface area contributed by atoms with Crippen LogP contribution in [0.5, 0.6) is 5.75 Å². The molecular weight excluding hydrogens is 297 g/mol. The Labute approximate surface area is 134 Å². The number of hydrogen-bond donors (Lipinski definition) is 0. The number of halogens is 1. The molecule has 1 saturated heterocycles. The summed E-state index contributed by atoms with van der Waals surface area (Å²) in [5.74, 6) is 0.298. The van der Waals surface area contributed by atoms with Crippen molar-refractivity contribution in [3.63, 3.8) is 0 Å². The van der Waals surface area contributed by atoms with Gasteiger partial charge in [0.25, 0.3) is 5.91 Å². The summed E-state index contributed by atoms with van der Waals surface area (Å²) in [6, 6.07) is 8.78. The van der Waals surface area contributed by atoms with Crippen LogP contribution < -0.4 is 9.64 Å². The van der Waals surface area contributed by atoms with Crippen molar-refractivity contribution in [1.82, 2.24) is 9.88 Å². The number of nitrogens with zero attached hydrogens (tertiary/aromatic N) is 3. The fraction of sp³-hybridized carbons (Fsp3) is 0.294. The van der Waals surface area contributed by atoms with E-state index < -0.39 is 0 Å². The molecule has 1 fully saturated rings. The van der Waals surface area contributed by atoms with Gasteiger partial charge in [0.15, 0.2) is 5.82 Å². The third kappa shape index (κ3) is 3.26. The average Bonchev–Trinajstić information content (AvgIpc) is 2.62. The summed E-state index contributed by atoms with van der Waals surface area (Å²) in [6.07, 6.45) is 2.79. The van der Waals surface area contributed by atoms with Crippen LogP contribution in [0.3, 0.4) is 0 Å². The zero-order valence-electron chi connectivity index (χ0n) is 12.9. The van der Waals surface area contributed by atoms with E-state index in [0.29, 0.717) is 43.2 Å². The van der Waals surface area contributed by atoms with Gasteiger partial charge in [0.2, 0.25) is 0 Å². The molecule has 6 heteroatoms. The van der Waals surface area contributed by atoms with Crippen molar-refractivity contribution in [2.45, 2.75) is 0 Å². The summed E-state index contributed by atoms with van der Waals surface area (Å²) in [6.45, 7) is 2.29. The van der Waals surface area contributed by atoms with E-state index in [0.717, 1.165) is 0 Å². The molecular formula is C17H18FN3O2. The minimum absolute atomic E-state index is 0.0289. The van der Waals surface area contributed by atoms with Crippen LogP contribution in [0.2, 0.25) is 0 Å². The van der Waals surface area contributed by atoms with E-state index in [9.17, 15) is 9.18 Å². The molecule has 0 aliphatic carbocycles. The molecule has 1 aromatic heterocycles. The van der Waals surface area contributed by atoms with Gasteiger partial charge in [0, 0.05) is 37.9 Å². The number of hydrogen-bond acceptors (Lipinski definition) is 4. The quantitative estimate of drug-likeness (QED) is 0.871. The number of amides is 1. The van der Waals surface area contributed by atoms with Gasteiger partial charge in [-0.25, -0.2) is 4.39 Å². The maximum Gasteiger partial charge on any atom is 0.254 e. The highest BCUT2D eigenvalue weighted by molar-refractivity contribution is 5.94. The Morgan fingerprint density at radius 1 is 1.22 bits per heavy atom. The van der Waals surface area contributed by atoms with E-state index in [1.165, 1.54) is 6.20 Å². The Balaban J connectivity index is 1.66. The van der Waals surface area contributed by atoms with Gasteiger partial charge < -0.3 is 14.5 Å². The predicted molar refractivity (Wildman–Crippen MR) is 85.3 cm³/mol. The number of anilines is 1. The van der Waals surface area contributed by atoms with Gasteiger partial charge in [-0.1, -0.05) is 6.07 Å². The molecule has 0 spiro atoms. The molecule has 5 nitrogen and oxygen atoms in total. The van der Waals surface area contributed by atoms with Crippen molar-refractivity contribution < 1.29 is 13.9 Å². The first-order valence-corrected chi connectivity index (χ1v) is 7.47. The fourth-order valence-electron chi connectivity index (χ4n) is 2.71. The van der Waals surface area contributed by atoms with Crippen molar-refractivity contribution in [3.05, 3.63) is 54.1 Å². The SMILES string of the molecule is COc1cccc(C(=O)N2CCN(c3ccncc3F)CC2)c1. The van der Waals surface area contributed by atoms with Gasteiger partial charge in [0.05, 0.1) is 19.0 Å². The summed E-state index contributed by atoms with van der Waals surface area (Å²) in [5, 5.41) is 0. The molecule has 0 atom stereocenters. The van der Waals surface area contributed by atoms with Crippen LogP contribution in [0.15, 0.2) is 42.7 Å². The lowest BCUT2D eigenvalue weighted by Crippen LogP contribution is -2.49. The molecule has 0 saturated carbocycles. The summed E-state index contributed by atoms with van der Waals surface area (Å²) >= 11 is 0. The Hall–Kier alpha value is -2.63. The fourth-order valence-corrected chi connectivity index (χ4v) is 2.71. The lowest BCUT2D eigenvalue weighted by atomic mass is 10.1. The van der Waals surface area contributed by atoms with Crippen LogP contribution in [0, 0.1) is 5.82 Å². The lowest BCUT2D eigenvalue weighted by molar-refractivity contribution is 0.0746. The Morgan fingerprint density at radius 3 is 2.70 bits per heavy atom. The molecule has 120 valence electrons. The summed E-state index contributed by atoms with van der Waals surface area (Å²) < 4.78 is 18.9. The Morgan fingerprint density at radius 2 is 2.00 bits per heavy atom. The zero-order chi connectivity index (χ0) is 16.2. The number of rotatable bonds is 3. The van der Waals surface area contributed by atoms with E-state index in [1.54, 1.807) is 48.5 Å². The van der Waals surface area contributed by atoms with Gasteiger partial charge in [0.1, 0.15) is 5.75 Å². The van der Waals surface area contributed by atoms with Crippen molar-refractivity contribution in [3.8, 4) is 5.75 Å². The average molecular weight is 315 g/mol. The molecule has 0 unspecified atom stereocenters. The number of benzene rings is 1. The van der Waals surface area contributed by atoms with E-state index in [-0.39, 0.29) is 11.7 Å². The number of methoxy groups -OCH3 is 1. The number of carbonyl (C=O) groups is 1. The van der Waals surface area contributed by atoms with E-state index >= 15 is 0 Å². The maximum atomic E-state index is 13.8. The highest BCUT2D eigenvalue weighted by Gasteiger charge is 2.23. The molecule has 3 rings (SSSR count). The highest BCUT2D eigenvalue weighted by atomic mass is 19.1. The van der Waals surface area contributed by atoms with Crippen LogP contribution in [-0.4, -0.2) is 49.1 Å². The number of pyridine rings is 1. The first-order valence-electron chi connectivity index (χ1n) is 7.47. The highest BCUT2D eigenvalue weighted by Crippen LogP contribution is 2.20. The predicted octanol–water partition coefficient (Wildman–Crippen LogP) is 2.19. The van der Waals surface area contributed by atoms with Crippen molar-refractivity contribution in [2.24, 2.45) is 0 Å². The Bertz CT molecular complexity index is 700. The van der Waals surface area contributed by atoms with Gasteiger partial charge >= 0.3 is 0 Å². The van der Waals surface area contributed by atoms with Crippen LogP contribution in [0.1, 0.15) is 10.4 Å². The topological polar surface area (TPSA) is 45.7 Å². The number of carbonyl (C=O) groups excluding carboxylic acids is 1. The van der Waals surface area contributed by atoms with Gasteiger partial charge in [-0.05, 0) is 24.3 Å². The normalized spacial score (nSPS) is 14.7. The molecule has 1 aromatic carbocycles. The van der Waals surface area contributed by atoms with Crippen LogP contribution in [-0.2, 0) is 0 Å². The maximum absolute atomic E-state index is 13.8. The first kappa shape index (κ1) is 15.3. The molecule has 23 heavy (non-hydrogen) atoms. The van der Waals surface area contributed by atoms with E-state index in [1.807, 2.05) is 4.90 Å². The lowest BCUT2D eigenvalue weighted by Gasteiger charge is -2.36. The molecule has 0 N–H and O–H groups in total. The number of aromatic nitrogens is 1. The monoisotopic (exact) mass is 315 g/mol. The summed E-state index contributed by atoms with van der Waals surface area (Å²) in [7, 11) is 1.58. The van der Waals surface area contributed by atoms with Crippen molar-refractivity contribution in [2.75, 3.05) is 38.2 Å². The minimum atomic E-state index is -0.333. The minimum Gasteiger partial charge on any atom is -0.497 e. The molecule has 1 aliphatic heterocycles. The zero-order valence-corrected chi connectivity index (χ0v) is 12.9. The second kappa shape index (κ2) is 6.64. The van der Waals surface area contributed by atoms with Gasteiger partial charge in [-0.15, -0.1) is 0 Å². The molecule has 0 bridgehead atoms. The third-order valence-electron chi connectivity index (χ3n) is 3.98. The van der Waals surface area contributed by atoms with Gasteiger partial charge in [-0.3, -0.25) is 9.78 Å². The van der Waals surface area contributed by atoms with Crippen molar-refractivity contribution >= 4 is 11.6 Å². The second-order valence-corrected chi connectivity index (χ2v) is 5.34. The van der Waals surface area contributed by atoms with Gasteiger partial charge in [-0.2, -0.15) is 0 Å². The van der Waals surface area contributed by atoms with Crippen LogP contribution >= 0.6 is 0 Å². The number of ether oxygens (including phenoxy) is 1. The summed E-state index contributed by atoms with van der Waals surface area (Å²) in [5.41, 5.74) is 1.14. The molecule has 1 aliphatic rings. The van der Waals surface area contributed by atoms with Crippen LogP contribution in [0.4, 0.5) is 10.1 Å². The number of piperazine rings is 1. The van der Waals surface area contributed by atoms with Crippen LogP contribution in [0.25, 0.3) is 0 Å². The molecule has 2 aromatic rings. The van der Waals surface area contributed by atoms with E-state index in [4.69, 9.17) is 4.74 Å². The summed E-state index contributed by atoms with van der Waals surface area (Å²) in [4.78, 5) is 20.0. The molecule has 0 radical (unpaired) electrons. The van der Waals surface area contributed by atoms with Crippen molar-refractivity contribution in [1.29, 1.82) is 0 Å². The largest absolute Gasteiger partial charge is 0.497 e.